The topological polar surface area (TPSA) is 81.9 Å². The molecule has 2 aromatic rings. The van der Waals surface area contributed by atoms with E-state index in [2.05, 4.69) is 52.2 Å². The third kappa shape index (κ3) is 7.81. The molecule has 1 aliphatic carbocycles. The molecule has 7 heteroatoms. The molecule has 1 aromatic heterocycles. The van der Waals surface area contributed by atoms with Crippen molar-refractivity contribution in [2.45, 2.75) is 25.7 Å². The van der Waals surface area contributed by atoms with E-state index >= 15 is 0 Å². The molecular formula is C23H33N5O2. The van der Waals surface area contributed by atoms with Crippen LogP contribution in [0.2, 0.25) is 0 Å². The van der Waals surface area contributed by atoms with Crippen molar-refractivity contribution in [2.75, 3.05) is 44.7 Å². The third-order valence-corrected chi connectivity index (χ3v) is 5.03. The fourth-order valence-electron chi connectivity index (χ4n) is 3.10. The van der Waals surface area contributed by atoms with E-state index in [0.29, 0.717) is 13.1 Å². The predicted octanol–water partition coefficient (Wildman–Crippen LogP) is 2.41. The first-order valence-corrected chi connectivity index (χ1v) is 10.8. The summed E-state index contributed by atoms with van der Waals surface area (Å²) < 4.78 is 5.38. The van der Waals surface area contributed by atoms with Gasteiger partial charge in [0.15, 0.2) is 5.96 Å². The van der Waals surface area contributed by atoms with Crippen molar-refractivity contribution >= 4 is 17.6 Å². The van der Waals surface area contributed by atoms with Gasteiger partial charge in [0.25, 0.3) is 0 Å². The summed E-state index contributed by atoms with van der Waals surface area (Å²) in [7, 11) is 2.10. The second-order valence-electron chi connectivity index (χ2n) is 7.59. The largest absolute Gasteiger partial charge is 0.469 e. The number of rotatable bonds is 12. The maximum Gasteiger partial charge on any atom is 0.223 e. The molecule has 0 unspecified atom stereocenters. The van der Waals surface area contributed by atoms with Crippen LogP contribution in [-0.4, -0.2) is 51.6 Å². The van der Waals surface area contributed by atoms with Crippen molar-refractivity contribution in [3.05, 3.63) is 54.5 Å². The number of carbonyl (C=O) groups is 1. The SMILES string of the molecule is CN(CCCN=C(NCCNC(=O)C1CC1)NCCc1ccco1)c1ccccc1. The molecule has 1 heterocycles. The molecule has 1 fully saturated rings. The van der Waals surface area contributed by atoms with Crippen LogP contribution in [0.15, 0.2) is 58.1 Å². The number of amides is 1. The molecule has 7 nitrogen and oxygen atoms in total. The molecule has 1 aromatic carbocycles. The number of nitrogens with zero attached hydrogens (tertiary/aromatic N) is 2. The predicted molar refractivity (Wildman–Crippen MR) is 121 cm³/mol. The van der Waals surface area contributed by atoms with E-state index in [-0.39, 0.29) is 11.8 Å². The normalized spacial score (nSPS) is 13.7. The van der Waals surface area contributed by atoms with Gasteiger partial charge in [-0.1, -0.05) is 18.2 Å². The van der Waals surface area contributed by atoms with Gasteiger partial charge >= 0.3 is 0 Å². The van der Waals surface area contributed by atoms with Crippen LogP contribution in [0.25, 0.3) is 0 Å². The van der Waals surface area contributed by atoms with Gasteiger partial charge in [0.1, 0.15) is 5.76 Å². The van der Waals surface area contributed by atoms with Crippen molar-refractivity contribution in [2.24, 2.45) is 10.9 Å². The summed E-state index contributed by atoms with van der Waals surface area (Å²) in [6.45, 7) is 3.64. The van der Waals surface area contributed by atoms with Gasteiger partial charge in [-0.3, -0.25) is 9.79 Å². The first kappa shape index (κ1) is 21.7. The fourth-order valence-corrected chi connectivity index (χ4v) is 3.10. The quantitative estimate of drug-likeness (QED) is 0.284. The first-order valence-electron chi connectivity index (χ1n) is 10.8. The minimum absolute atomic E-state index is 0.171. The van der Waals surface area contributed by atoms with Gasteiger partial charge in [-0.05, 0) is 43.5 Å². The number of hydrogen-bond acceptors (Lipinski definition) is 4. The Hall–Kier alpha value is -2.96. The standard InChI is InChI=1S/C23H33N5O2/c1-28(20-7-3-2-4-8-20)17-6-13-25-23(26-14-12-21-9-5-18-30-21)27-16-15-24-22(29)19-10-11-19/h2-5,7-9,18-19H,6,10-17H2,1H3,(H,24,29)(H2,25,26,27). The second kappa shape index (κ2) is 11.9. The number of carbonyl (C=O) groups excluding carboxylic acids is 1. The van der Waals surface area contributed by atoms with Crippen molar-refractivity contribution in [1.82, 2.24) is 16.0 Å². The molecule has 3 rings (SSSR count). The maximum absolute atomic E-state index is 11.7. The number of para-hydroxylation sites is 1. The van der Waals surface area contributed by atoms with Crippen LogP contribution in [0.3, 0.4) is 0 Å². The van der Waals surface area contributed by atoms with Crippen molar-refractivity contribution in [3.8, 4) is 0 Å². The molecule has 0 saturated heterocycles. The van der Waals surface area contributed by atoms with Gasteiger partial charge in [-0.25, -0.2) is 0 Å². The van der Waals surface area contributed by atoms with Crippen LogP contribution < -0.4 is 20.9 Å². The van der Waals surface area contributed by atoms with Crippen LogP contribution in [0.5, 0.6) is 0 Å². The summed E-state index contributed by atoms with van der Waals surface area (Å²) in [5.74, 6) is 2.13. The molecule has 0 spiro atoms. The Morgan fingerprint density at radius 1 is 1.07 bits per heavy atom. The number of nitrogens with one attached hydrogen (secondary N) is 3. The van der Waals surface area contributed by atoms with Gasteiger partial charge in [0.2, 0.25) is 5.91 Å². The molecule has 30 heavy (non-hydrogen) atoms. The summed E-state index contributed by atoms with van der Waals surface area (Å²) in [6, 6.07) is 14.2. The van der Waals surface area contributed by atoms with Crippen molar-refractivity contribution in [3.63, 3.8) is 0 Å². The van der Waals surface area contributed by atoms with Crippen LogP contribution in [-0.2, 0) is 11.2 Å². The van der Waals surface area contributed by atoms with E-state index in [4.69, 9.17) is 9.41 Å². The number of aliphatic imine (C=N–C) groups is 1. The smallest absolute Gasteiger partial charge is 0.223 e. The number of benzene rings is 1. The molecule has 0 aliphatic heterocycles. The highest BCUT2D eigenvalue weighted by atomic mass is 16.3. The lowest BCUT2D eigenvalue weighted by atomic mass is 10.3. The summed E-state index contributed by atoms with van der Waals surface area (Å²) in [6.07, 6.45) is 5.49. The highest BCUT2D eigenvalue weighted by molar-refractivity contribution is 5.81. The van der Waals surface area contributed by atoms with E-state index in [1.165, 1.54) is 5.69 Å². The Kier molecular flexibility index (Phi) is 8.62. The average molecular weight is 412 g/mol. The van der Waals surface area contributed by atoms with E-state index in [1.54, 1.807) is 6.26 Å². The third-order valence-electron chi connectivity index (χ3n) is 5.03. The molecule has 0 bridgehead atoms. The molecule has 1 aliphatic rings. The van der Waals surface area contributed by atoms with Crippen LogP contribution in [0, 0.1) is 5.92 Å². The van der Waals surface area contributed by atoms with E-state index in [0.717, 1.165) is 57.0 Å². The molecule has 1 amide bonds. The number of furan rings is 1. The van der Waals surface area contributed by atoms with Gasteiger partial charge in [-0.2, -0.15) is 0 Å². The van der Waals surface area contributed by atoms with Gasteiger partial charge < -0.3 is 25.3 Å². The van der Waals surface area contributed by atoms with Gasteiger partial charge in [0, 0.05) is 57.8 Å². The lowest BCUT2D eigenvalue weighted by Crippen LogP contribution is -2.42. The van der Waals surface area contributed by atoms with Crippen molar-refractivity contribution < 1.29 is 9.21 Å². The number of hydrogen-bond donors (Lipinski definition) is 3. The zero-order valence-corrected chi connectivity index (χ0v) is 17.8. The van der Waals surface area contributed by atoms with Gasteiger partial charge in [0.05, 0.1) is 6.26 Å². The summed E-state index contributed by atoms with van der Waals surface area (Å²) in [5, 5.41) is 9.64. The first-order chi connectivity index (χ1) is 14.7. The zero-order valence-electron chi connectivity index (χ0n) is 17.8. The van der Waals surface area contributed by atoms with Crippen molar-refractivity contribution in [1.29, 1.82) is 0 Å². The lowest BCUT2D eigenvalue weighted by molar-refractivity contribution is -0.122. The zero-order chi connectivity index (χ0) is 21.0. The monoisotopic (exact) mass is 411 g/mol. The molecule has 1 saturated carbocycles. The average Bonchev–Trinajstić information content (AvgIpc) is 3.50. The number of guanidine groups is 1. The summed E-state index contributed by atoms with van der Waals surface area (Å²) in [5.41, 5.74) is 1.21. The summed E-state index contributed by atoms with van der Waals surface area (Å²) >= 11 is 0. The van der Waals surface area contributed by atoms with E-state index < -0.39 is 0 Å². The van der Waals surface area contributed by atoms with Crippen LogP contribution in [0.4, 0.5) is 5.69 Å². The lowest BCUT2D eigenvalue weighted by Gasteiger charge is -2.18. The van der Waals surface area contributed by atoms with E-state index in [9.17, 15) is 4.79 Å². The molecule has 162 valence electrons. The molecule has 0 radical (unpaired) electrons. The molecule has 0 atom stereocenters. The van der Waals surface area contributed by atoms with E-state index in [1.807, 2.05) is 18.2 Å². The molecular weight excluding hydrogens is 378 g/mol. The minimum atomic E-state index is 0.171. The fraction of sp³-hybridized carbons (Fsp3) is 0.478. The number of anilines is 1. The maximum atomic E-state index is 11.7. The van der Waals surface area contributed by atoms with Crippen LogP contribution in [0.1, 0.15) is 25.0 Å². The minimum Gasteiger partial charge on any atom is -0.469 e. The highest BCUT2D eigenvalue weighted by Crippen LogP contribution is 2.28. The Morgan fingerprint density at radius 2 is 1.83 bits per heavy atom. The van der Waals surface area contributed by atoms with Crippen LogP contribution >= 0.6 is 0 Å². The second-order valence-corrected chi connectivity index (χ2v) is 7.59. The molecule has 3 N–H and O–H groups in total. The van der Waals surface area contributed by atoms with Gasteiger partial charge in [-0.15, -0.1) is 0 Å². The Labute approximate surface area is 178 Å². The Balaban J connectivity index is 1.40. The Morgan fingerprint density at radius 3 is 2.57 bits per heavy atom. The summed E-state index contributed by atoms with van der Waals surface area (Å²) in [4.78, 5) is 18.7. The Bertz CT molecular complexity index is 772. The highest BCUT2D eigenvalue weighted by Gasteiger charge is 2.28.